The van der Waals surface area contributed by atoms with E-state index in [0.717, 1.165) is 30.2 Å². The highest BCUT2D eigenvalue weighted by Crippen LogP contribution is 2.10. The van der Waals surface area contributed by atoms with E-state index in [2.05, 4.69) is 20.5 Å². The topological polar surface area (TPSA) is 100 Å². The van der Waals surface area contributed by atoms with E-state index < -0.39 is 0 Å². The van der Waals surface area contributed by atoms with Crippen LogP contribution in [0.5, 0.6) is 0 Å². The number of carbonyl (C=O) groups is 2. The van der Waals surface area contributed by atoms with E-state index in [1.807, 2.05) is 12.1 Å². The SMILES string of the molecule is Cl.Cl.NCc1nc(C(=O)NCc2ccc(C(=O)NCCN3CCCC3)cc2)cs1. The van der Waals surface area contributed by atoms with Gasteiger partial charge in [0.15, 0.2) is 0 Å². The molecule has 160 valence electrons. The summed E-state index contributed by atoms with van der Waals surface area (Å²) in [6.45, 7) is 4.54. The summed E-state index contributed by atoms with van der Waals surface area (Å²) in [5.41, 5.74) is 7.44. The molecule has 2 heterocycles. The van der Waals surface area contributed by atoms with Crippen LogP contribution in [0.15, 0.2) is 29.6 Å². The normalized spacial score (nSPS) is 13.3. The molecule has 0 bridgehead atoms. The van der Waals surface area contributed by atoms with Crippen molar-refractivity contribution in [3.8, 4) is 0 Å². The molecule has 7 nitrogen and oxygen atoms in total. The fraction of sp³-hybridized carbons (Fsp3) is 0.421. The second-order valence-electron chi connectivity index (χ2n) is 6.51. The predicted octanol–water partition coefficient (Wildman–Crippen LogP) is 2.20. The number of carbonyl (C=O) groups excluding carboxylic acids is 2. The van der Waals surface area contributed by atoms with Crippen molar-refractivity contribution in [3.63, 3.8) is 0 Å². The number of amides is 2. The smallest absolute Gasteiger partial charge is 0.271 e. The minimum absolute atomic E-state index is 0. The molecular formula is C19H27Cl2N5O2S. The van der Waals surface area contributed by atoms with Crippen molar-refractivity contribution < 1.29 is 9.59 Å². The van der Waals surface area contributed by atoms with Crippen molar-refractivity contribution in [2.75, 3.05) is 26.2 Å². The van der Waals surface area contributed by atoms with Gasteiger partial charge in [0.2, 0.25) is 0 Å². The maximum absolute atomic E-state index is 12.2. The quantitative estimate of drug-likeness (QED) is 0.561. The van der Waals surface area contributed by atoms with Gasteiger partial charge in [0, 0.05) is 37.1 Å². The van der Waals surface area contributed by atoms with Gasteiger partial charge in [0.1, 0.15) is 10.7 Å². The molecule has 1 fully saturated rings. The Morgan fingerprint density at radius 2 is 1.76 bits per heavy atom. The van der Waals surface area contributed by atoms with Crippen LogP contribution in [0.4, 0.5) is 0 Å². The number of nitrogens with zero attached hydrogens (tertiary/aromatic N) is 2. The lowest BCUT2D eigenvalue weighted by Crippen LogP contribution is -2.33. The molecule has 0 saturated carbocycles. The van der Waals surface area contributed by atoms with Gasteiger partial charge >= 0.3 is 0 Å². The molecule has 1 aromatic heterocycles. The summed E-state index contributed by atoms with van der Waals surface area (Å²) in [6, 6.07) is 7.26. The minimum atomic E-state index is -0.227. The summed E-state index contributed by atoms with van der Waals surface area (Å²) in [4.78, 5) is 30.8. The van der Waals surface area contributed by atoms with Gasteiger partial charge < -0.3 is 21.3 Å². The van der Waals surface area contributed by atoms with E-state index in [9.17, 15) is 9.59 Å². The van der Waals surface area contributed by atoms with E-state index in [1.165, 1.54) is 24.2 Å². The number of hydrogen-bond donors (Lipinski definition) is 3. The van der Waals surface area contributed by atoms with Gasteiger partial charge in [-0.25, -0.2) is 4.98 Å². The molecule has 0 radical (unpaired) electrons. The molecule has 1 saturated heterocycles. The summed E-state index contributed by atoms with van der Waals surface area (Å²) in [5, 5.41) is 8.22. The zero-order valence-electron chi connectivity index (χ0n) is 16.1. The van der Waals surface area contributed by atoms with E-state index >= 15 is 0 Å². The average Bonchev–Trinajstić information content (AvgIpc) is 3.38. The summed E-state index contributed by atoms with van der Waals surface area (Å²) >= 11 is 1.37. The average molecular weight is 460 g/mol. The molecule has 0 spiro atoms. The molecular weight excluding hydrogens is 433 g/mol. The summed E-state index contributed by atoms with van der Waals surface area (Å²) in [6.07, 6.45) is 2.51. The van der Waals surface area contributed by atoms with Crippen LogP contribution in [0.1, 0.15) is 44.3 Å². The Balaban J connectivity index is 0.00000210. The Labute approximate surface area is 187 Å². The molecule has 2 amide bonds. The maximum Gasteiger partial charge on any atom is 0.271 e. The van der Waals surface area contributed by atoms with E-state index in [0.29, 0.717) is 30.9 Å². The van der Waals surface area contributed by atoms with Gasteiger partial charge in [0.05, 0.1) is 0 Å². The van der Waals surface area contributed by atoms with Crippen LogP contribution in [0.3, 0.4) is 0 Å². The third kappa shape index (κ3) is 7.56. The van der Waals surface area contributed by atoms with E-state index in [-0.39, 0.29) is 36.6 Å². The van der Waals surface area contributed by atoms with Crippen LogP contribution in [0, 0.1) is 0 Å². The van der Waals surface area contributed by atoms with Crippen LogP contribution in [-0.4, -0.2) is 47.9 Å². The highest BCUT2D eigenvalue weighted by molar-refractivity contribution is 7.09. The molecule has 29 heavy (non-hydrogen) atoms. The molecule has 10 heteroatoms. The predicted molar refractivity (Wildman–Crippen MR) is 120 cm³/mol. The molecule has 1 aromatic carbocycles. The number of benzene rings is 1. The maximum atomic E-state index is 12.2. The number of nitrogens with two attached hydrogens (primary N) is 1. The Kier molecular flexibility index (Phi) is 11.2. The Bertz CT molecular complexity index is 779. The number of thiazole rings is 1. The van der Waals surface area contributed by atoms with Crippen LogP contribution >= 0.6 is 36.2 Å². The molecule has 3 rings (SSSR count). The monoisotopic (exact) mass is 459 g/mol. The number of likely N-dealkylation sites (tertiary alicyclic amines) is 1. The van der Waals surface area contributed by atoms with Gasteiger partial charge in [-0.15, -0.1) is 36.2 Å². The van der Waals surface area contributed by atoms with Crippen molar-refractivity contribution in [1.29, 1.82) is 0 Å². The number of halogens is 2. The fourth-order valence-corrected chi connectivity index (χ4v) is 3.65. The molecule has 0 unspecified atom stereocenters. The van der Waals surface area contributed by atoms with Crippen molar-refractivity contribution in [2.24, 2.45) is 5.73 Å². The first-order valence-electron chi connectivity index (χ1n) is 9.18. The lowest BCUT2D eigenvalue weighted by atomic mass is 10.1. The van der Waals surface area contributed by atoms with Crippen molar-refractivity contribution in [1.82, 2.24) is 20.5 Å². The van der Waals surface area contributed by atoms with E-state index in [4.69, 9.17) is 5.73 Å². The molecule has 0 aliphatic carbocycles. The van der Waals surface area contributed by atoms with Crippen molar-refractivity contribution in [2.45, 2.75) is 25.9 Å². The first kappa shape index (κ1) is 25.3. The Morgan fingerprint density at radius 1 is 1.07 bits per heavy atom. The summed E-state index contributed by atoms with van der Waals surface area (Å²) in [7, 11) is 0. The van der Waals surface area contributed by atoms with Gasteiger partial charge in [-0.2, -0.15) is 0 Å². The Hall–Kier alpha value is -1.71. The van der Waals surface area contributed by atoms with Gasteiger partial charge in [0.25, 0.3) is 11.8 Å². The largest absolute Gasteiger partial charge is 0.351 e. The first-order valence-corrected chi connectivity index (χ1v) is 10.1. The number of aromatic nitrogens is 1. The molecule has 1 aliphatic heterocycles. The lowest BCUT2D eigenvalue weighted by Gasteiger charge is -2.14. The zero-order valence-corrected chi connectivity index (χ0v) is 18.5. The molecule has 2 aromatic rings. The minimum Gasteiger partial charge on any atom is -0.351 e. The molecule has 1 aliphatic rings. The summed E-state index contributed by atoms with van der Waals surface area (Å²) in [5.74, 6) is -0.295. The van der Waals surface area contributed by atoms with Gasteiger partial charge in [-0.3, -0.25) is 9.59 Å². The zero-order chi connectivity index (χ0) is 19.1. The number of nitrogens with one attached hydrogen (secondary N) is 2. The van der Waals surface area contributed by atoms with Crippen molar-refractivity contribution in [3.05, 3.63) is 51.5 Å². The second kappa shape index (κ2) is 12.8. The third-order valence-corrected chi connectivity index (χ3v) is 5.41. The number of hydrogen-bond acceptors (Lipinski definition) is 6. The first-order chi connectivity index (χ1) is 13.2. The molecule has 4 N–H and O–H groups in total. The fourth-order valence-electron chi connectivity index (χ4n) is 2.99. The highest BCUT2D eigenvalue weighted by atomic mass is 35.5. The summed E-state index contributed by atoms with van der Waals surface area (Å²) < 4.78 is 0. The second-order valence-corrected chi connectivity index (χ2v) is 7.46. The third-order valence-electron chi connectivity index (χ3n) is 4.54. The highest BCUT2D eigenvalue weighted by Gasteiger charge is 2.12. The van der Waals surface area contributed by atoms with E-state index in [1.54, 1.807) is 17.5 Å². The Morgan fingerprint density at radius 3 is 2.38 bits per heavy atom. The van der Waals surface area contributed by atoms with Gasteiger partial charge in [-0.1, -0.05) is 12.1 Å². The van der Waals surface area contributed by atoms with Crippen molar-refractivity contribution >= 4 is 48.0 Å². The van der Waals surface area contributed by atoms with Crippen LogP contribution in [0.2, 0.25) is 0 Å². The van der Waals surface area contributed by atoms with Crippen LogP contribution in [0.25, 0.3) is 0 Å². The number of rotatable bonds is 8. The van der Waals surface area contributed by atoms with Crippen LogP contribution in [-0.2, 0) is 13.1 Å². The van der Waals surface area contributed by atoms with Crippen LogP contribution < -0.4 is 16.4 Å². The standard InChI is InChI=1S/C19H25N5O2S.2ClH/c20-11-17-23-16(13-27-17)19(26)22-12-14-3-5-15(6-4-14)18(25)21-7-10-24-8-1-2-9-24;;/h3-6,13H,1-2,7-12,20H2,(H,21,25)(H,22,26);2*1H. The lowest BCUT2D eigenvalue weighted by molar-refractivity contribution is 0.0938. The van der Waals surface area contributed by atoms with Gasteiger partial charge in [-0.05, 0) is 43.6 Å². The molecule has 0 atom stereocenters.